The van der Waals surface area contributed by atoms with Gasteiger partial charge in [0.2, 0.25) is 0 Å². The van der Waals surface area contributed by atoms with Crippen LogP contribution in [-0.2, 0) is 14.3 Å². The summed E-state index contributed by atoms with van der Waals surface area (Å²) in [5.74, 6) is 0. The molecule has 0 spiro atoms. The summed E-state index contributed by atoms with van der Waals surface area (Å²) in [7, 11) is -1.34. The SMILES string of the molecule is [O]B(OCCBr)OCCBr. The van der Waals surface area contributed by atoms with E-state index in [0.717, 1.165) is 0 Å². The lowest BCUT2D eigenvalue weighted by atomic mass is 10.2. The molecule has 10 heavy (non-hydrogen) atoms. The Balaban J connectivity index is 3.00. The number of hydrogen-bond acceptors (Lipinski definition) is 2. The van der Waals surface area contributed by atoms with Gasteiger partial charge in [0.15, 0.2) is 0 Å². The van der Waals surface area contributed by atoms with Crippen LogP contribution < -0.4 is 0 Å². The van der Waals surface area contributed by atoms with Gasteiger partial charge in [0.05, 0.1) is 0 Å². The van der Waals surface area contributed by atoms with Gasteiger partial charge in [-0.3, -0.25) is 0 Å². The van der Waals surface area contributed by atoms with E-state index < -0.39 is 7.32 Å². The predicted octanol–water partition coefficient (Wildman–Crippen LogP) is 1.22. The Labute approximate surface area is 77.5 Å². The van der Waals surface area contributed by atoms with Gasteiger partial charge in [-0.2, -0.15) is 0 Å². The highest BCUT2D eigenvalue weighted by Gasteiger charge is 2.16. The summed E-state index contributed by atoms with van der Waals surface area (Å²) < 4.78 is 9.30. The molecule has 59 valence electrons. The molecule has 0 unspecified atom stereocenters. The number of alkyl halides is 2. The average molecular weight is 275 g/mol. The van der Waals surface area contributed by atoms with Crippen molar-refractivity contribution in [2.45, 2.75) is 0 Å². The second-order valence-corrected chi connectivity index (χ2v) is 2.99. The highest BCUT2D eigenvalue weighted by atomic mass is 79.9. The Morgan fingerprint density at radius 3 is 1.80 bits per heavy atom. The molecule has 0 amide bonds. The molecule has 0 aliphatic carbocycles. The van der Waals surface area contributed by atoms with Crippen molar-refractivity contribution in [1.82, 2.24) is 0 Å². The molecule has 0 N–H and O–H groups in total. The van der Waals surface area contributed by atoms with Crippen LogP contribution >= 0.6 is 31.9 Å². The van der Waals surface area contributed by atoms with Crippen LogP contribution in [-0.4, -0.2) is 31.2 Å². The molecule has 0 aromatic heterocycles. The molecule has 0 aliphatic heterocycles. The molecule has 1 radical (unpaired) electrons. The van der Waals surface area contributed by atoms with Gasteiger partial charge in [-0.1, -0.05) is 31.9 Å². The summed E-state index contributed by atoms with van der Waals surface area (Å²) in [6.07, 6.45) is 0. The van der Waals surface area contributed by atoms with E-state index in [9.17, 15) is 5.02 Å². The van der Waals surface area contributed by atoms with Gasteiger partial charge in [-0.05, 0) is 0 Å². The lowest BCUT2D eigenvalue weighted by Crippen LogP contribution is -2.22. The molecule has 0 rings (SSSR count). The fourth-order valence-electron chi connectivity index (χ4n) is 0.330. The molecule has 0 saturated carbocycles. The van der Waals surface area contributed by atoms with Crippen molar-refractivity contribution in [2.24, 2.45) is 0 Å². The molecule has 0 aliphatic rings. The Hall–Kier alpha value is 0.905. The van der Waals surface area contributed by atoms with E-state index in [1.165, 1.54) is 0 Å². The fourth-order valence-corrected chi connectivity index (χ4v) is 0.703. The van der Waals surface area contributed by atoms with Crippen molar-refractivity contribution in [3.63, 3.8) is 0 Å². The molecular formula is C4H8BBr2O3. The van der Waals surface area contributed by atoms with Gasteiger partial charge in [0.1, 0.15) is 0 Å². The molecular weight excluding hydrogens is 267 g/mol. The third-order valence-corrected chi connectivity index (χ3v) is 1.31. The van der Waals surface area contributed by atoms with E-state index in [1.54, 1.807) is 0 Å². The highest BCUT2D eigenvalue weighted by Crippen LogP contribution is 1.89. The van der Waals surface area contributed by atoms with Gasteiger partial charge in [0, 0.05) is 23.9 Å². The monoisotopic (exact) mass is 273 g/mol. The largest absolute Gasteiger partial charge is 0.667 e. The van der Waals surface area contributed by atoms with Crippen molar-refractivity contribution in [3.8, 4) is 0 Å². The second kappa shape index (κ2) is 8.01. The van der Waals surface area contributed by atoms with Crippen LogP contribution in [0.25, 0.3) is 0 Å². The maximum Gasteiger partial charge on any atom is 0.667 e. The molecule has 0 heterocycles. The minimum absolute atomic E-state index is 0.385. The first-order valence-electron chi connectivity index (χ1n) is 2.82. The lowest BCUT2D eigenvalue weighted by molar-refractivity contribution is 0.122. The Bertz CT molecular complexity index is 67.5. The van der Waals surface area contributed by atoms with E-state index >= 15 is 0 Å². The van der Waals surface area contributed by atoms with E-state index in [-0.39, 0.29) is 0 Å². The molecule has 0 saturated heterocycles. The zero-order chi connectivity index (χ0) is 7.82. The van der Waals surface area contributed by atoms with Crippen LogP contribution in [0.3, 0.4) is 0 Å². The summed E-state index contributed by atoms with van der Waals surface area (Å²) in [6.45, 7) is 0.771. The first kappa shape index (κ1) is 10.9. The van der Waals surface area contributed by atoms with E-state index in [4.69, 9.17) is 0 Å². The summed E-state index contributed by atoms with van der Waals surface area (Å²) in [6, 6.07) is 0. The highest BCUT2D eigenvalue weighted by molar-refractivity contribution is 9.09. The average Bonchev–Trinajstić information content (AvgIpc) is 1.97. The van der Waals surface area contributed by atoms with Crippen LogP contribution in [0.1, 0.15) is 0 Å². The van der Waals surface area contributed by atoms with Crippen LogP contribution in [0.2, 0.25) is 0 Å². The first-order valence-corrected chi connectivity index (χ1v) is 5.06. The number of hydrogen-bond donors (Lipinski definition) is 0. The minimum Gasteiger partial charge on any atom is -0.384 e. The quantitative estimate of drug-likeness (QED) is 0.540. The summed E-state index contributed by atoms with van der Waals surface area (Å²) >= 11 is 6.23. The predicted molar refractivity (Wildman–Crippen MR) is 45.9 cm³/mol. The molecule has 0 aromatic rings. The van der Waals surface area contributed by atoms with Crippen molar-refractivity contribution in [3.05, 3.63) is 0 Å². The van der Waals surface area contributed by atoms with Crippen LogP contribution in [0.15, 0.2) is 0 Å². The zero-order valence-corrected chi connectivity index (χ0v) is 8.56. The van der Waals surface area contributed by atoms with Gasteiger partial charge < -0.3 is 9.31 Å². The van der Waals surface area contributed by atoms with Gasteiger partial charge in [-0.15, -0.1) is 0 Å². The number of rotatable bonds is 6. The minimum atomic E-state index is -1.34. The second-order valence-electron chi connectivity index (χ2n) is 1.41. The summed E-state index contributed by atoms with van der Waals surface area (Å²) in [4.78, 5) is 0. The topological polar surface area (TPSA) is 38.4 Å². The van der Waals surface area contributed by atoms with E-state index in [0.29, 0.717) is 23.9 Å². The number of halogens is 2. The smallest absolute Gasteiger partial charge is 0.384 e. The zero-order valence-electron chi connectivity index (χ0n) is 5.39. The molecule has 0 bridgehead atoms. The van der Waals surface area contributed by atoms with Gasteiger partial charge in [-0.25, -0.2) is 5.02 Å². The molecule has 0 fully saturated rings. The van der Waals surface area contributed by atoms with Crippen molar-refractivity contribution in [2.75, 3.05) is 23.9 Å². The van der Waals surface area contributed by atoms with Gasteiger partial charge in [0.25, 0.3) is 0 Å². The Morgan fingerprint density at radius 1 is 1.10 bits per heavy atom. The van der Waals surface area contributed by atoms with E-state index in [2.05, 4.69) is 41.2 Å². The fraction of sp³-hybridized carbons (Fsp3) is 1.00. The molecule has 0 atom stereocenters. The van der Waals surface area contributed by atoms with E-state index in [1.807, 2.05) is 0 Å². The maximum atomic E-state index is 10.6. The van der Waals surface area contributed by atoms with Gasteiger partial charge >= 0.3 is 7.32 Å². The maximum absolute atomic E-state index is 10.6. The molecule has 0 aromatic carbocycles. The molecule has 6 heteroatoms. The third kappa shape index (κ3) is 7.02. The summed E-state index contributed by atoms with van der Waals surface area (Å²) in [5.41, 5.74) is 0. The van der Waals surface area contributed by atoms with Crippen molar-refractivity contribution >= 4 is 39.2 Å². The van der Waals surface area contributed by atoms with Crippen molar-refractivity contribution in [1.29, 1.82) is 0 Å². The lowest BCUT2D eigenvalue weighted by Gasteiger charge is -2.03. The Kier molecular flexibility index (Phi) is 8.73. The van der Waals surface area contributed by atoms with Crippen molar-refractivity contribution < 1.29 is 14.3 Å². The van der Waals surface area contributed by atoms with Crippen LogP contribution in [0, 0.1) is 0 Å². The molecule has 3 nitrogen and oxygen atoms in total. The first-order chi connectivity index (χ1) is 4.81. The Morgan fingerprint density at radius 2 is 1.50 bits per heavy atom. The van der Waals surface area contributed by atoms with Crippen LogP contribution in [0.5, 0.6) is 0 Å². The summed E-state index contributed by atoms with van der Waals surface area (Å²) in [5, 5.41) is 11.9. The normalized spacial score (nSPS) is 9.90. The third-order valence-electron chi connectivity index (χ3n) is 0.662. The van der Waals surface area contributed by atoms with Crippen LogP contribution in [0.4, 0.5) is 0 Å². The standard InChI is InChI=1S/C4H8BBr2O3/c6-1-3-9-5(8)10-4-2-7/h1-4H2.